The Balaban J connectivity index is 2.35. The van der Waals surface area contributed by atoms with Crippen molar-refractivity contribution in [3.05, 3.63) is 35.9 Å². The van der Waals surface area contributed by atoms with E-state index in [0.717, 1.165) is 16.7 Å². The third-order valence-electron chi connectivity index (χ3n) is 5.50. The number of amides is 4. The zero-order valence-corrected chi connectivity index (χ0v) is 18.3. The SMILES string of the molecule is CC(=O)SCC(C)C(=O)[N@+]1(C(=O)O)C[C@@H](N(C(C)=O)C(=O)c2ccccc2)C[C@H]1C. The summed E-state index contributed by atoms with van der Waals surface area (Å²) in [5.41, 5.74) is 0.318. The first-order valence-corrected chi connectivity index (χ1v) is 10.7. The molecular weight excluding hydrogens is 408 g/mol. The lowest BCUT2D eigenvalue weighted by Gasteiger charge is -2.32. The topological polar surface area (TPSA) is 109 Å². The number of quaternary nitrogens is 1. The number of rotatable bonds is 5. The van der Waals surface area contributed by atoms with Crippen molar-refractivity contribution in [2.75, 3.05) is 12.3 Å². The highest BCUT2D eigenvalue weighted by molar-refractivity contribution is 8.13. The van der Waals surface area contributed by atoms with Gasteiger partial charge in [0, 0.05) is 31.6 Å². The number of likely N-dealkylation sites (tertiary alicyclic amines) is 1. The molecule has 0 spiro atoms. The highest BCUT2D eigenvalue weighted by atomic mass is 32.2. The molecule has 1 heterocycles. The van der Waals surface area contributed by atoms with Crippen LogP contribution in [0.25, 0.3) is 0 Å². The summed E-state index contributed by atoms with van der Waals surface area (Å²) in [6.07, 6.45) is -1.12. The van der Waals surface area contributed by atoms with Gasteiger partial charge in [0.1, 0.15) is 12.6 Å². The van der Waals surface area contributed by atoms with E-state index in [0.29, 0.717) is 5.56 Å². The molecule has 1 aromatic carbocycles. The van der Waals surface area contributed by atoms with Gasteiger partial charge in [0.2, 0.25) is 5.91 Å². The lowest BCUT2D eigenvalue weighted by atomic mass is 10.1. The van der Waals surface area contributed by atoms with Gasteiger partial charge in [-0.2, -0.15) is 9.28 Å². The Bertz CT molecular complexity index is 858. The van der Waals surface area contributed by atoms with Crippen molar-refractivity contribution in [3.63, 3.8) is 0 Å². The minimum atomic E-state index is -1.31. The number of carboxylic acid groups (broad SMARTS) is 1. The summed E-state index contributed by atoms with van der Waals surface area (Å²) in [7, 11) is 0. The molecule has 1 fully saturated rings. The standard InChI is InChI=1S/C21H26N2O6S/c1-13(12-30-16(4)25)20(27)23(21(28)29)11-18(10-14(23)2)22(15(3)24)19(26)17-8-6-5-7-9-17/h5-9,13-14,18H,10-12H2,1-4H3/p+1/t13?,14-,18+,23+/m1/s1. The molecule has 30 heavy (non-hydrogen) atoms. The van der Waals surface area contributed by atoms with Gasteiger partial charge in [0.15, 0.2) is 5.12 Å². The second-order valence-electron chi connectivity index (χ2n) is 7.67. The van der Waals surface area contributed by atoms with Crippen molar-refractivity contribution in [1.29, 1.82) is 0 Å². The van der Waals surface area contributed by atoms with Crippen molar-refractivity contribution in [1.82, 2.24) is 4.90 Å². The van der Waals surface area contributed by atoms with E-state index in [1.165, 1.54) is 13.8 Å². The average molecular weight is 436 g/mol. The van der Waals surface area contributed by atoms with Crippen LogP contribution in [-0.2, 0) is 14.4 Å². The number of imide groups is 2. The highest BCUT2D eigenvalue weighted by Gasteiger charge is 2.59. The number of thioether (sulfide) groups is 1. The van der Waals surface area contributed by atoms with Crippen molar-refractivity contribution in [2.24, 2.45) is 5.92 Å². The molecule has 0 radical (unpaired) electrons. The Morgan fingerprint density at radius 1 is 1.17 bits per heavy atom. The van der Waals surface area contributed by atoms with Gasteiger partial charge in [0.05, 0.1) is 12.0 Å². The lowest BCUT2D eigenvalue weighted by molar-refractivity contribution is -0.794. The van der Waals surface area contributed by atoms with Gasteiger partial charge < -0.3 is 5.11 Å². The summed E-state index contributed by atoms with van der Waals surface area (Å²) in [6, 6.07) is 6.92. The molecule has 0 bridgehead atoms. The van der Waals surface area contributed by atoms with Crippen LogP contribution < -0.4 is 0 Å². The van der Waals surface area contributed by atoms with Gasteiger partial charge in [-0.25, -0.2) is 4.79 Å². The van der Waals surface area contributed by atoms with Crippen molar-refractivity contribution < 1.29 is 33.6 Å². The fraction of sp³-hybridized carbons (Fsp3) is 0.476. The van der Waals surface area contributed by atoms with Crippen molar-refractivity contribution >= 4 is 40.7 Å². The molecule has 4 atom stereocenters. The maximum Gasteiger partial charge on any atom is 0.521 e. The number of benzene rings is 1. The summed E-state index contributed by atoms with van der Waals surface area (Å²) in [5, 5.41) is 9.86. The molecule has 0 aromatic heterocycles. The summed E-state index contributed by atoms with van der Waals surface area (Å²) in [5.74, 6) is -2.04. The first-order chi connectivity index (χ1) is 14.0. The number of carbonyl (C=O) groups excluding carboxylic acids is 4. The number of hydrogen-bond donors (Lipinski definition) is 1. The van der Waals surface area contributed by atoms with Crippen LogP contribution in [0.15, 0.2) is 30.3 Å². The Hall–Kier alpha value is -2.52. The minimum Gasteiger partial charge on any atom is -0.435 e. The van der Waals surface area contributed by atoms with Gasteiger partial charge in [-0.05, 0) is 26.0 Å². The third-order valence-corrected chi connectivity index (χ3v) is 6.57. The first kappa shape index (κ1) is 23.8. The largest absolute Gasteiger partial charge is 0.521 e. The molecule has 2 rings (SSSR count). The summed E-state index contributed by atoms with van der Waals surface area (Å²) in [4.78, 5) is 63.1. The molecule has 4 amide bonds. The molecule has 0 saturated carbocycles. The molecule has 1 unspecified atom stereocenters. The zero-order valence-electron chi connectivity index (χ0n) is 17.5. The predicted molar refractivity (Wildman–Crippen MR) is 112 cm³/mol. The summed E-state index contributed by atoms with van der Waals surface area (Å²) >= 11 is 0.971. The van der Waals surface area contributed by atoms with E-state index >= 15 is 0 Å². The van der Waals surface area contributed by atoms with E-state index < -0.39 is 46.3 Å². The Labute approximate surface area is 179 Å². The molecular formula is C21H27N2O6S+. The van der Waals surface area contributed by atoms with Gasteiger partial charge in [-0.15, -0.1) is 0 Å². The van der Waals surface area contributed by atoms with Gasteiger partial charge in [-0.1, -0.05) is 30.0 Å². The predicted octanol–water partition coefficient (Wildman–Crippen LogP) is 2.77. The summed E-state index contributed by atoms with van der Waals surface area (Å²) < 4.78 is -0.865. The Morgan fingerprint density at radius 3 is 2.27 bits per heavy atom. The van der Waals surface area contributed by atoms with Crippen LogP contribution in [0.1, 0.15) is 44.5 Å². The fourth-order valence-electron chi connectivity index (χ4n) is 4.01. The van der Waals surface area contributed by atoms with Crippen LogP contribution in [0.5, 0.6) is 0 Å². The normalized spacial score (nSPS) is 24.1. The minimum absolute atomic E-state index is 0.153. The molecule has 1 aromatic rings. The van der Waals surface area contributed by atoms with E-state index in [2.05, 4.69) is 0 Å². The fourth-order valence-corrected chi connectivity index (χ4v) is 4.64. The van der Waals surface area contributed by atoms with Crippen molar-refractivity contribution in [3.8, 4) is 0 Å². The molecule has 162 valence electrons. The Kier molecular flexibility index (Phi) is 7.54. The second kappa shape index (κ2) is 9.53. The first-order valence-electron chi connectivity index (χ1n) is 9.70. The smallest absolute Gasteiger partial charge is 0.435 e. The van der Waals surface area contributed by atoms with E-state index in [1.54, 1.807) is 44.2 Å². The zero-order chi connectivity index (χ0) is 22.6. The molecule has 1 aliphatic rings. The maximum absolute atomic E-state index is 13.2. The molecule has 0 aliphatic carbocycles. The van der Waals surface area contributed by atoms with Crippen LogP contribution >= 0.6 is 11.8 Å². The van der Waals surface area contributed by atoms with Crippen LogP contribution in [0, 0.1) is 5.92 Å². The maximum atomic E-state index is 13.2. The average Bonchev–Trinajstić information content (AvgIpc) is 3.03. The van der Waals surface area contributed by atoms with Crippen LogP contribution in [-0.4, -0.2) is 67.8 Å². The van der Waals surface area contributed by atoms with E-state index in [9.17, 15) is 29.1 Å². The monoisotopic (exact) mass is 435 g/mol. The van der Waals surface area contributed by atoms with Crippen LogP contribution in [0.3, 0.4) is 0 Å². The van der Waals surface area contributed by atoms with E-state index in [-0.39, 0.29) is 23.8 Å². The molecule has 1 saturated heterocycles. The number of hydrogen-bond acceptors (Lipinski definition) is 6. The van der Waals surface area contributed by atoms with Gasteiger partial charge in [0.25, 0.3) is 5.91 Å². The van der Waals surface area contributed by atoms with Gasteiger partial charge in [-0.3, -0.25) is 19.3 Å². The number of nitrogens with zero attached hydrogens (tertiary/aromatic N) is 2. The lowest BCUT2D eigenvalue weighted by Crippen LogP contribution is -2.61. The van der Waals surface area contributed by atoms with Crippen LogP contribution in [0.4, 0.5) is 4.79 Å². The quantitative estimate of drug-likeness (QED) is 0.708. The third kappa shape index (κ3) is 4.62. The number of carbonyl (C=O) groups is 5. The second-order valence-corrected chi connectivity index (χ2v) is 8.87. The van der Waals surface area contributed by atoms with Crippen molar-refractivity contribution in [2.45, 2.75) is 46.2 Å². The highest BCUT2D eigenvalue weighted by Crippen LogP contribution is 2.34. The van der Waals surface area contributed by atoms with Gasteiger partial charge >= 0.3 is 12.0 Å². The molecule has 9 heteroatoms. The molecule has 1 N–H and O–H groups in total. The van der Waals surface area contributed by atoms with E-state index in [1.807, 2.05) is 0 Å². The summed E-state index contributed by atoms with van der Waals surface area (Å²) in [6.45, 7) is 5.69. The van der Waals surface area contributed by atoms with E-state index in [4.69, 9.17) is 0 Å². The van der Waals surface area contributed by atoms with Crippen LogP contribution in [0.2, 0.25) is 0 Å². The Morgan fingerprint density at radius 2 is 1.77 bits per heavy atom. The molecule has 8 nitrogen and oxygen atoms in total. The molecule has 1 aliphatic heterocycles.